The summed E-state index contributed by atoms with van der Waals surface area (Å²) in [6.07, 6.45) is 3.34. The first-order chi connectivity index (χ1) is 15.9. The van der Waals surface area contributed by atoms with Crippen LogP contribution in [0.15, 0.2) is 48.5 Å². The molecule has 1 heterocycles. The third kappa shape index (κ3) is 4.82. The maximum absolute atomic E-state index is 12.8. The van der Waals surface area contributed by atoms with Crippen molar-refractivity contribution in [3.8, 4) is 0 Å². The zero-order chi connectivity index (χ0) is 23.5. The molecule has 172 valence electrons. The summed E-state index contributed by atoms with van der Waals surface area (Å²) in [6.45, 7) is 3.74. The first kappa shape index (κ1) is 22.7. The minimum Gasteiger partial charge on any atom is -0.452 e. The summed E-state index contributed by atoms with van der Waals surface area (Å²) in [6, 6.07) is 13.6. The molecule has 1 N–H and O–H groups in total. The predicted molar refractivity (Wildman–Crippen MR) is 124 cm³/mol. The highest BCUT2D eigenvalue weighted by Gasteiger charge is 2.49. The van der Waals surface area contributed by atoms with Crippen LogP contribution in [0, 0.1) is 17.8 Å². The Labute approximate surface area is 193 Å². The fraction of sp³-hybridized carbons (Fsp3) is 0.385. The van der Waals surface area contributed by atoms with Crippen LogP contribution in [0.1, 0.15) is 49.0 Å². The summed E-state index contributed by atoms with van der Waals surface area (Å²) in [7, 11) is 0. The number of nitrogens with zero attached hydrogens (tertiary/aromatic N) is 1. The first-order valence-corrected chi connectivity index (χ1v) is 11.4. The molecule has 1 aliphatic carbocycles. The number of ether oxygens (including phenoxy) is 1. The monoisotopic (exact) mass is 448 g/mol. The molecule has 1 saturated carbocycles. The van der Waals surface area contributed by atoms with Gasteiger partial charge >= 0.3 is 5.97 Å². The van der Waals surface area contributed by atoms with E-state index in [-0.39, 0.29) is 29.2 Å². The number of nitrogens with one attached hydrogen (secondary N) is 1. The van der Waals surface area contributed by atoms with Gasteiger partial charge in [-0.15, -0.1) is 0 Å². The van der Waals surface area contributed by atoms with Crippen LogP contribution in [0.3, 0.4) is 0 Å². The number of imide groups is 1. The van der Waals surface area contributed by atoms with Gasteiger partial charge in [0.05, 0.1) is 23.1 Å². The lowest BCUT2D eigenvalue weighted by Gasteiger charge is -2.25. The number of carbonyl (C=O) groups excluding carboxylic acids is 4. The number of esters is 1. The van der Waals surface area contributed by atoms with Crippen molar-refractivity contribution in [3.63, 3.8) is 0 Å². The minimum absolute atomic E-state index is 0.157. The average Bonchev–Trinajstić information content (AvgIpc) is 3.07. The van der Waals surface area contributed by atoms with Crippen LogP contribution in [-0.4, -0.2) is 30.3 Å². The fourth-order valence-corrected chi connectivity index (χ4v) is 4.63. The van der Waals surface area contributed by atoms with Gasteiger partial charge in [-0.25, -0.2) is 4.79 Å². The number of benzene rings is 2. The van der Waals surface area contributed by atoms with Crippen molar-refractivity contribution >= 4 is 35.1 Å². The number of fused-ring (bicyclic) bond motifs is 1. The Kier molecular flexibility index (Phi) is 6.58. The van der Waals surface area contributed by atoms with Gasteiger partial charge in [0.25, 0.3) is 5.91 Å². The molecule has 7 heteroatoms. The normalized spacial score (nSPS) is 22.1. The van der Waals surface area contributed by atoms with Gasteiger partial charge in [0.15, 0.2) is 6.61 Å². The van der Waals surface area contributed by atoms with E-state index >= 15 is 0 Å². The molecule has 2 fully saturated rings. The first-order valence-electron chi connectivity index (χ1n) is 11.4. The van der Waals surface area contributed by atoms with E-state index in [1.54, 1.807) is 24.3 Å². The molecule has 4 rings (SSSR count). The Balaban J connectivity index is 1.34. The molecule has 0 aromatic heterocycles. The topological polar surface area (TPSA) is 92.8 Å². The highest BCUT2D eigenvalue weighted by atomic mass is 16.5. The van der Waals surface area contributed by atoms with E-state index in [4.69, 9.17) is 4.74 Å². The van der Waals surface area contributed by atoms with Crippen LogP contribution in [0.5, 0.6) is 0 Å². The number of anilines is 2. The lowest BCUT2D eigenvalue weighted by molar-refractivity contribution is -0.122. The zero-order valence-corrected chi connectivity index (χ0v) is 18.9. The molecule has 3 amide bonds. The van der Waals surface area contributed by atoms with Crippen molar-refractivity contribution in [1.29, 1.82) is 0 Å². The maximum Gasteiger partial charge on any atom is 0.338 e. The molecule has 1 saturated heterocycles. The van der Waals surface area contributed by atoms with Crippen LogP contribution in [0.2, 0.25) is 0 Å². The van der Waals surface area contributed by atoms with E-state index in [1.165, 1.54) is 17.0 Å². The van der Waals surface area contributed by atoms with Gasteiger partial charge < -0.3 is 10.1 Å². The second-order valence-electron chi connectivity index (χ2n) is 8.86. The molecule has 2 aliphatic rings. The smallest absolute Gasteiger partial charge is 0.338 e. The third-order valence-electron chi connectivity index (χ3n) is 6.53. The van der Waals surface area contributed by atoms with Crippen LogP contribution >= 0.6 is 0 Å². The molecular formula is C26H28N2O5. The van der Waals surface area contributed by atoms with Gasteiger partial charge in [-0.05, 0) is 73.6 Å². The quantitative estimate of drug-likeness (QED) is 0.533. The van der Waals surface area contributed by atoms with Crippen molar-refractivity contribution in [3.05, 3.63) is 59.7 Å². The number of hydrogen-bond acceptors (Lipinski definition) is 5. The van der Waals surface area contributed by atoms with Gasteiger partial charge in [-0.3, -0.25) is 19.3 Å². The van der Waals surface area contributed by atoms with Crippen molar-refractivity contribution in [2.45, 2.75) is 39.5 Å². The molecule has 33 heavy (non-hydrogen) atoms. The Morgan fingerprint density at radius 2 is 1.64 bits per heavy atom. The van der Waals surface area contributed by atoms with Gasteiger partial charge in [0, 0.05) is 5.69 Å². The average molecular weight is 449 g/mol. The molecule has 3 atom stereocenters. The highest BCUT2D eigenvalue weighted by Crippen LogP contribution is 2.42. The lowest BCUT2D eigenvalue weighted by atomic mass is 9.76. The number of carbonyl (C=O) groups is 4. The Bertz CT molecular complexity index is 1060. The van der Waals surface area contributed by atoms with E-state index in [9.17, 15) is 19.2 Å². The SMILES string of the molecule is CCc1ccc(NC(=O)COC(=O)c2ccc(N3C(=O)[C@H]4C[C@@H](C)CC[C@H]4C3=O)cc2)cc1. The predicted octanol–water partition coefficient (Wildman–Crippen LogP) is 3.97. The number of rotatable bonds is 6. The van der Waals surface area contributed by atoms with Crippen LogP contribution in [-0.2, 0) is 25.5 Å². The summed E-state index contributed by atoms with van der Waals surface area (Å²) >= 11 is 0. The van der Waals surface area contributed by atoms with Crippen molar-refractivity contribution in [2.75, 3.05) is 16.8 Å². The molecule has 2 aromatic carbocycles. The highest BCUT2D eigenvalue weighted by molar-refractivity contribution is 6.22. The number of aryl methyl sites for hydroxylation is 1. The van der Waals surface area contributed by atoms with E-state index in [0.29, 0.717) is 17.3 Å². The summed E-state index contributed by atoms with van der Waals surface area (Å²) in [5.74, 6) is -1.45. The van der Waals surface area contributed by atoms with Crippen LogP contribution in [0.4, 0.5) is 11.4 Å². The third-order valence-corrected chi connectivity index (χ3v) is 6.53. The standard InChI is InChI=1S/C26H28N2O5/c1-3-17-5-9-19(10-6-17)27-23(29)15-33-26(32)18-7-11-20(12-8-18)28-24(30)21-13-4-16(2)14-22(21)25(28)31/h5-12,16,21-22H,3-4,13-15H2,1-2H3,(H,27,29)/t16-,21+,22-/m0/s1. The number of hydrogen-bond donors (Lipinski definition) is 1. The molecule has 2 aromatic rings. The van der Waals surface area contributed by atoms with E-state index in [0.717, 1.165) is 31.2 Å². The van der Waals surface area contributed by atoms with Crippen molar-refractivity contribution in [1.82, 2.24) is 0 Å². The summed E-state index contributed by atoms with van der Waals surface area (Å²) < 4.78 is 5.11. The summed E-state index contributed by atoms with van der Waals surface area (Å²) in [4.78, 5) is 51.3. The Morgan fingerprint density at radius 3 is 2.30 bits per heavy atom. The fourth-order valence-electron chi connectivity index (χ4n) is 4.63. The Hall–Kier alpha value is -3.48. The van der Waals surface area contributed by atoms with Crippen molar-refractivity contribution < 1.29 is 23.9 Å². The van der Waals surface area contributed by atoms with E-state index in [2.05, 4.69) is 12.2 Å². The molecule has 0 unspecified atom stereocenters. The zero-order valence-electron chi connectivity index (χ0n) is 18.9. The summed E-state index contributed by atoms with van der Waals surface area (Å²) in [5.41, 5.74) is 2.49. The molecule has 7 nitrogen and oxygen atoms in total. The maximum atomic E-state index is 12.8. The van der Waals surface area contributed by atoms with Gasteiger partial charge in [0.2, 0.25) is 11.8 Å². The van der Waals surface area contributed by atoms with E-state index < -0.39 is 18.5 Å². The summed E-state index contributed by atoms with van der Waals surface area (Å²) in [5, 5.41) is 2.69. The van der Waals surface area contributed by atoms with E-state index in [1.807, 2.05) is 19.1 Å². The second kappa shape index (κ2) is 9.57. The minimum atomic E-state index is -0.653. The lowest BCUT2D eigenvalue weighted by Crippen LogP contribution is -2.30. The van der Waals surface area contributed by atoms with Crippen LogP contribution < -0.4 is 10.2 Å². The Morgan fingerprint density at radius 1 is 0.970 bits per heavy atom. The molecule has 0 spiro atoms. The molecule has 0 radical (unpaired) electrons. The van der Waals surface area contributed by atoms with Gasteiger partial charge in [0.1, 0.15) is 0 Å². The largest absolute Gasteiger partial charge is 0.452 e. The molecule has 1 aliphatic heterocycles. The molecular weight excluding hydrogens is 420 g/mol. The molecule has 0 bridgehead atoms. The second-order valence-corrected chi connectivity index (χ2v) is 8.86. The van der Waals surface area contributed by atoms with Crippen molar-refractivity contribution in [2.24, 2.45) is 17.8 Å². The van der Waals surface area contributed by atoms with Gasteiger partial charge in [-0.2, -0.15) is 0 Å². The number of amides is 3. The van der Waals surface area contributed by atoms with Crippen LogP contribution in [0.25, 0.3) is 0 Å². The van der Waals surface area contributed by atoms with Gasteiger partial charge in [-0.1, -0.05) is 26.0 Å².